The van der Waals surface area contributed by atoms with Gasteiger partial charge in [-0.1, -0.05) is 0 Å². The molecule has 140 valence electrons. The fourth-order valence-electron chi connectivity index (χ4n) is 3.20. The second-order valence-electron chi connectivity index (χ2n) is 6.49. The molecule has 2 fully saturated rings. The summed E-state index contributed by atoms with van der Waals surface area (Å²) < 4.78 is 27.4. The average molecular weight is 379 g/mol. The van der Waals surface area contributed by atoms with Gasteiger partial charge in [0.25, 0.3) is 0 Å². The van der Waals surface area contributed by atoms with Crippen LogP contribution in [0.1, 0.15) is 32.6 Å². The second kappa shape index (κ2) is 7.16. The third kappa shape index (κ3) is 3.63. The van der Waals surface area contributed by atoms with Gasteiger partial charge < -0.3 is 4.90 Å². The summed E-state index contributed by atoms with van der Waals surface area (Å²) in [4.78, 5) is 38.4. The molecule has 2 aliphatic heterocycles. The third-order valence-corrected chi connectivity index (χ3v) is 6.13. The van der Waals surface area contributed by atoms with E-state index in [1.165, 1.54) is 31.2 Å². The van der Waals surface area contributed by atoms with Crippen molar-refractivity contribution in [2.24, 2.45) is 0 Å². The molecule has 1 N–H and O–H groups in total. The van der Waals surface area contributed by atoms with Gasteiger partial charge in [0.2, 0.25) is 27.7 Å². The molecule has 9 heteroatoms. The van der Waals surface area contributed by atoms with Gasteiger partial charge in [-0.25, -0.2) is 8.42 Å². The van der Waals surface area contributed by atoms with Gasteiger partial charge in [-0.2, -0.15) is 4.72 Å². The second-order valence-corrected chi connectivity index (χ2v) is 8.21. The van der Waals surface area contributed by atoms with Crippen LogP contribution in [0.2, 0.25) is 0 Å². The van der Waals surface area contributed by atoms with Crippen LogP contribution < -0.4 is 9.62 Å². The molecule has 3 rings (SSSR count). The minimum Gasteiger partial charge on any atom is -0.341 e. The Balaban J connectivity index is 1.72. The van der Waals surface area contributed by atoms with Gasteiger partial charge in [0.05, 0.1) is 16.6 Å². The van der Waals surface area contributed by atoms with Gasteiger partial charge in [0.1, 0.15) is 0 Å². The Morgan fingerprint density at radius 2 is 1.58 bits per heavy atom. The highest BCUT2D eigenvalue weighted by Gasteiger charge is 2.31. The quantitative estimate of drug-likeness (QED) is 0.756. The Morgan fingerprint density at radius 1 is 1.04 bits per heavy atom. The van der Waals surface area contributed by atoms with Crippen molar-refractivity contribution in [1.29, 1.82) is 0 Å². The van der Waals surface area contributed by atoms with Crippen molar-refractivity contribution < 1.29 is 22.8 Å². The number of carbonyl (C=O) groups is 3. The first-order valence-electron chi connectivity index (χ1n) is 8.56. The lowest BCUT2D eigenvalue weighted by molar-refractivity contribution is -0.131. The molecule has 0 aromatic heterocycles. The number of benzene rings is 1. The van der Waals surface area contributed by atoms with Gasteiger partial charge in [0.15, 0.2) is 0 Å². The molecule has 0 unspecified atom stereocenters. The molecule has 0 aliphatic carbocycles. The zero-order valence-electron chi connectivity index (χ0n) is 14.5. The van der Waals surface area contributed by atoms with E-state index in [4.69, 9.17) is 0 Å². The summed E-state index contributed by atoms with van der Waals surface area (Å²) in [7, 11) is -3.89. The van der Waals surface area contributed by atoms with Crippen LogP contribution in [0.5, 0.6) is 0 Å². The molecule has 26 heavy (non-hydrogen) atoms. The van der Waals surface area contributed by atoms with Crippen LogP contribution in [-0.2, 0) is 24.4 Å². The molecule has 0 bridgehead atoms. The van der Waals surface area contributed by atoms with E-state index < -0.39 is 16.1 Å². The average Bonchev–Trinajstić information content (AvgIpc) is 3.24. The van der Waals surface area contributed by atoms with Crippen LogP contribution in [0.3, 0.4) is 0 Å². The number of rotatable bonds is 5. The third-order valence-electron chi connectivity index (χ3n) is 4.58. The molecular formula is C17H21N3O5S. The largest absolute Gasteiger partial charge is 0.341 e. The molecule has 2 saturated heterocycles. The number of nitrogens with one attached hydrogen (secondary N) is 1. The van der Waals surface area contributed by atoms with Crippen LogP contribution in [0.25, 0.3) is 0 Å². The van der Waals surface area contributed by atoms with Crippen molar-refractivity contribution in [2.75, 3.05) is 18.0 Å². The Labute approximate surface area is 152 Å². The first-order valence-corrected chi connectivity index (χ1v) is 10.0. The molecule has 0 saturated carbocycles. The van der Waals surface area contributed by atoms with E-state index in [0.29, 0.717) is 18.8 Å². The molecule has 0 spiro atoms. The van der Waals surface area contributed by atoms with E-state index in [-0.39, 0.29) is 35.5 Å². The van der Waals surface area contributed by atoms with E-state index in [0.717, 1.165) is 17.7 Å². The number of anilines is 1. The van der Waals surface area contributed by atoms with Gasteiger partial charge in [0, 0.05) is 25.9 Å². The lowest BCUT2D eigenvalue weighted by Crippen LogP contribution is -2.45. The number of hydrogen-bond acceptors (Lipinski definition) is 5. The van der Waals surface area contributed by atoms with Gasteiger partial charge in [-0.15, -0.1) is 0 Å². The van der Waals surface area contributed by atoms with Crippen molar-refractivity contribution in [3.63, 3.8) is 0 Å². The monoisotopic (exact) mass is 379 g/mol. The number of likely N-dealkylation sites (tertiary alicyclic amines) is 1. The number of amides is 3. The van der Waals surface area contributed by atoms with Crippen molar-refractivity contribution in [1.82, 2.24) is 9.62 Å². The van der Waals surface area contributed by atoms with E-state index >= 15 is 0 Å². The van der Waals surface area contributed by atoms with Gasteiger partial charge >= 0.3 is 0 Å². The van der Waals surface area contributed by atoms with Crippen LogP contribution in [0.15, 0.2) is 29.2 Å². The van der Waals surface area contributed by atoms with Crippen LogP contribution in [0.4, 0.5) is 5.69 Å². The summed E-state index contributed by atoms with van der Waals surface area (Å²) >= 11 is 0. The van der Waals surface area contributed by atoms with E-state index in [1.807, 2.05) is 0 Å². The lowest BCUT2D eigenvalue weighted by Gasteiger charge is -2.21. The Morgan fingerprint density at radius 3 is 2.12 bits per heavy atom. The molecule has 2 aliphatic rings. The maximum absolute atomic E-state index is 12.5. The molecule has 8 nitrogen and oxygen atoms in total. The van der Waals surface area contributed by atoms with Crippen molar-refractivity contribution in [3.05, 3.63) is 24.3 Å². The number of sulfonamides is 1. The van der Waals surface area contributed by atoms with Crippen molar-refractivity contribution >= 4 is 33.4 Å². The topological polar surface area (TPSA) is 104 Å². The Bertz CT molecular complexity index is 812. The normalized spacial score (nSPS) is 19.3. The molecule has 3 amide bonds. The smallest absolute Gasteiger partial charge is 0.241 e. The highest BCUT2D eigenvalue weighted by atomic mass is 32.2. The number of carbonyl (C=O) groups excluding carboxylic acids is 3. The minimum absolute atomic E-state index is 0.0265. The maximum Gasteiger partial charge on any atom is 0.241 e. The van der Waals surface area contributed by atoms with Crippen LogP contribution in [-0.4, -0.2) is 50.2 Å². The Hall–Kier alpha value is -2.26. The molecular weight excluding hydrogens is 358 g/mol. The van der Waals surface area contributed by atoms with Crippen molar-refractivity contribution in [2.45, 2.75) is 43.5 Å². The van der Waals surface area contributed by atoms with Gasteiger partial charge in [-0.3, -0.25) is 19.3 Å². The molecule has 1 atom stereocenters. The molecule has 0 radical (unpaired) electrons. The van der Waals surface area contributed by atoms with Crippen molar-refractivity contribution in [3.8, 4) is 0 Å². The van der Waals surface area contributed by atoms with E-state index in [2.05, 4.69) is 4.72 Å². The SMILES string of the molecule is C[C@@H](NS(=O)(=O)c1ccc(N2C(=O)CCC2=O)cc1)C(=O)N1CCCC1. The fraction of sp³-hybridized carbons (Fsp3) is 0.471. The minimum atomic E-state index is -3.89. The first-order chi connectivity index (χ1) is 12.3. The summed E-state index contributed by atoms with van der Waals surface area (Å²) in [5.74, 6) is -0.835. The van der Waals surface area contributed by atoms with E-state index in [9.17, 15) is 22.8 Å². The Kier molecular flexibility index (Phi) is 5.10. The molecule has 1 aromatic carbocycles. The van der Waals surface area contributed by atoms with E-state index in [1.54, 1.807) is 4.90 Å². The van der Waals surface area contributed by atoms with Crippen LogP contribution >= 0.6 is 0 Å². The number of nitrogens with zero attached hydrogens (tertiary/aromatic N) is 2. The van der Waals surface area contributed by atoms with Gasteiger partial charge in [-0.05, 0) is 44.0 Å². The molecule has 1 aromatic rings. The van der Waals surface area contributed by atoms with Crippen LogP contribution in [0, 0.1) is 0 Å². The summed E-state index contributed by atoms with van der Waals surface area (Å²) in [5.41, 5.74) is 0.345. The number of imide groups is 1. The molecule has 2 heterocycles. The summed E-state index contributed by atoms with van der Waals surface area (Å²) in [6, 6.07) is 4.62. The highest BCUT2D eigenvalue weighted by molar-refractivity contribution is 7.89. The summed E-state index contributed by atoms with van der Waals surface area (Å²) in [6.07, 6.45) is 2.19. The highest BCUT2D eigenvalue weighted by Crippen LogP contribution is 2.24. The predicted molar refractivity (Wildman–Crippen MR) is 93.8 cm³/mol. The first kappa shape index (κ1) is 18.5. The predicted octanol–water partition coefficient (Wildman–Crippen LogP) is 0.629. The zero-order valence-corrected chi connectivity index (χ0v) is 15.3. The summed E-state index contributed by atoms with van der Waals surface area (Å²) in [6.45, 7) is 2.82. The zero-order chi connectivity index (χ0) is 18.9. The standard InChI is InChI=1S/C17H21N3O5S/c1-12(17(23)19-10-2-3-11-19)18-26(24,25)14-6-4-13(5-7-14)20-15(21)8-9-16(20)22/h4-7,12,18H,2-3,8-11H2,1H3/t12-/m1/s1. The fourth-order valence-corrected chi connectivity index (χ4v) is 4.40. The lowest BCUT2D eigenvalue weighted by atomic mass is 10.3. The maximum atomic E-state index is 12.5. The summed E-state index contributed by atoms with van der Waals surface area (Å²) in [5, 5.41) is 0. The number of hydrogen-bond donors (Lipinski definition) is 1.